The van der Waals surface area contributed by atoms with Gasteiger partial charge in [-0.25, -0.2) is 9.97 Å². The summed E-state index contributed by atoms with van der Waals surface area (Å²) in [5.41, 5.74) is 2.23. The Labute approximate surface area is 165 Å². The Morgan fingerprint density at radius 3 is 2.56 bits per heavy atom. The molecule has 0 atom stereocenters. The molecule has 0 saturated heterocycles. The molecule has 0 aliphatic carbocycles. The molecular formula is C18H17Cl2N3O4. The average molecular weight is 410 g/mol. The maximum absolute atomic E-state index is 11.8. The number of ether oxygens (including phenoxy) is 3. The van der Waals surface area contributed by atoms with Crippen molar-refractivity contribution in [1.82, 2.24) is 14.4 Å². The molecule has 1 aromatic carbocycles. The fourth-order valence-corrected chi connectivity index (χ4v) is 3.12. The van der Waals surface area contributed by atoms with Crippen molar-refractivity contribution in [3.8, 4) is 22.8 Å². The number of nitrogens with zero attached hydrogens (tertiary/aromatic N) is 3. The maximum atomic E-state index is 11.8. The monoisotopic (exact) mass is 409 g/mol. The van der Waals surface area contributed by atoms with Gasteiger partial charge in [-0.15, -0.1) is 0 Å². The molecule has 0 fully saturated rings. The number of methoxy groups -OCH3 is 2. The van der Waals surface area contributed by atoms with Crippen molar-refractivity contribution >= 4 is 34.8 Å². The van der Waals surface area contributed by atoms with Crippen molar-refractivity contribution in [3.63, 3.8) is 0 Å². The summed E-state index contributed by atoms with van der Waals surface area (Å²) in [7, 11) is 3.08. The zero-order chi connectivity index (χ0) is 19.6. The van der Waals surface area contributed by atoms with Crippen LogP contribution >= 0.6 is 23.2 Å². The van der Waals surface area contributed by atoms with Gasteiger partial charge in [0.05, 0.1) is 49.9 Å². The van der Waals surface area contributed by atoms with Gasteiger partial charge in [0.2, 0.25) is 0 Å². The third-order valence-corrected chi connectivity index (χ3v) is 4.46. The quantitative estimate of drug-likeness (QED) is 0.575. The minimum atomic E-state index is -0.365. The van der Waals surface area contributed by atoms with E-state index in [2.05, 4.69) is 9.97 Å². The smallest absolute Gasteiger partial charge is 0.311 e. The van der Waals surface area contributed by atoms with Crippen LogP contribution in [0.4, 0.5) is 0 Å². The molecule has 2 heterocycles. The van der Waals surface area contributed by atoms with Gasteiger partial charge in [0, 0.05) is 17.8 Å². The van der Waals surface area contributed by atoms with Crippen LogP contribution in [0.25, 0.3) is 16.9 Å². The van der Waals surface area contributed by atoms with E-state index in [0.717, 1.165) is 0 Å². The Kier molecular flexibility index (Phi) is 5.72. The van der Waals surface area contributed by atoms with E-state index in [1.807, 2.05) is 0 Å². The van der Waals surface area contributed by atoms with E-state index in [1.165, 1.54) is 7.11 Å². The second-order valence-corrected chi connectivity index (χ2v) is 6.29. The Morgan fingerprint density at radius 1 is 1.19 bits per heavy atom. The van der Waals surface area contributed by atoms with E-state index in [4.69, 9.17) is 37.4 Å². The van der Waals surface area contributed by atoms with Crippen LogP contribution in [0.3, 0.4) is 0 Å². The lowest BCUT2D eigenvalue weighted by molar-refractivity contribution is -0.142. The third kappa shape index (κ3) is 3.79. The van der Waals surface area contributed by atoms with Crippen LogP contribution in [-0.4, -0.2) is 41.2 Å². The number of hydrogen-bond donors (Lipinski definition) is 0. The number of carbonyl (C=O) groups excluding carboxylic acids is 1. The SMILES string of the molecule is CCOC(=O)Cc1cn2c(-c3cc(OC)c(OC)cc3Cl)cnc(Cl)c2n1. The van der Waals surface area contributed by atoms with E-state index >= 15 is 0 Å². The Bertz CT molecular complexity index is 1000. The lowest BCUT2D eigenvalue weighted by Crippen LogP contribution is -2.07. The van der Waals surface area contributed by atoms with Gasteiger partial charge < -0.3 is 14.2 Å². The van der Waals surface area contributed by atoms with Gasteiger partial charge in [-0.05, 0) is 13.0 Å². The van der Waals surface area contributed by atoms with Crippen LogP contribution in [0.5, 0.6) is 11.5 Å². The molecular weight excluding hydrogens is 393 g/mol. The molecule has 0 aliphatic heterocycles. The van der Waals surface area contributed by atoms with E-state index in [9.17, 15) is 4.79 Å². The Hall–Kier alpha value is -2.51. The molecule has 0 radical (unpaired) electrons. The molecule has 0 N–H and O–H groups in total. The number of imidazole rings is 1. The topological polar surface area (TPSA) is 75.0 Å². The van der Waals surface area contributed by atoms with Crippen molar-refractivity contribution in [2.45, 2.75) is 13.3 Å². The molecule has 2 aromatic heterocycles. The Balaban J connectivity index is 2.14. The third-order valence-electron chi connectivity index (χ3n) is 3.88. The van der Waals surface area contributed by atoms with Crippen LogP contribution in [-0.2, 0) is 16.0 Å². The second-order valence-electron chi connectivity index (χ2n) is 5.53. The standard InChI is InChI=1S/C18H17Cl2N3O4/c1-4-27-16(24)5-10-9-23-13(8-21-17(20)18(23)22-10)11-6-14(25-2)15(26-3)7-12(11)19/h6-9H,4-5H2,1-3H3. The minimum Gasteiger partial charge on any atom is -0.493 e. The number of hydrogen-bond acceptors (Lipinski definition) is 6. The van der Waals surface area contributed by atoms with E-state index in [-0.39, 0.29) is 17.5 Å². The van der Waals surface area contributed by atoms with E-state index in [1.54, 1.807) is 43.0 Å². The van der Waals surface area contributed by atoms with Crippen LogP contribution in [0, 0.1) is 0 Å². The van der Waals surface area contributed by atoms with Gasteiger partial charge >= 0.3 is 5.97 Å². The summed E-state index contributed by atoms with van der Waals surface area (Å²) >= 11 is 12.6. The second kappa shape index (κ2) is 8.02. The highest BCUT2D eigenvalue weighted by Gasteiger charge is 2.18. The zero-order valence-corrected chi connectivity index (χ0v) is 16.5. The molecule has 27 heavy (non-hydrogen) atoms. The van der Waals surface area contributed by atoms with Gasteiger partial charge in [-0.2, -0.15) is 0 Å². The highest BCUT2D eigenvalue weighted by Crippen LogP contribution is 2.38. The zero-order valence-electron chi connectivity index (χ0n) is 15.0. The summed E-state index contributed by atoms with van der Waals surface area (Å²) in [4.78, 5) is 20.3. The van der Waals surface area contributed by atoms with Gasteiger partial charge in [0.1, 0.15) is 0 Å². The number of rotatable bonds is 6. The predicted octanol–water partition coefficient (Wildman–Crippen LogP) is 3.83. The molecule has 0 bridgehead atoms. The van der Waals surface area contributed by atoms with Gasteiger partial charge in [-0.1, -0.05) is 23.2 Å². The lowest BCUT2D eigenvalue weighted by Gasteiger charge is -2.13. The minimum absolute atomic E-state index is 0.0327. The molecule has 3 rings (SSSR count). The van der Waals surface area contributed by atoms with E-state index in [0.29, 0.717) is 45.7 Å². The van der Waals surface area contributed by atoms with E-state index < -0.39 is 0 Å². The number of aromatic nitrogens is 3. The van der Waals surface area contributed by atoms with Crippen LogP contribution in [0.15, 0.2) is 24.5 Å². The molecule has 142 valence electrons. The average Bonchev–Trinajstić information content (AvgIpc) is 3.06. The maximum Gasteiger partial charge on any atom is 0.311 e. The summed E-state index contributed by atoms with van der Waals surface area (Å²) in [6, 6.07) is 3.41. The first-order valence-electron chi connectivity index (χ1n) is 8.08. The largest absolute Gasteiger partial charge is 0.493 e. The Morgan fingerprint density at radius 2 is 1.89 bits per heavy atom. The molecule has 0 amide bonds. The van der Waals surface area contributed by atoms with Gasteiger partial charge in [0.25, 0.3) is 0 Å². The normalized spacial score (nSPS) is 10.9. The van der Waals surface area contributed by atoms with Crippen molar-refractivity contribution in [1.29, 1.82) is 0 Å². The van der Waals surface area contributed by atoms with Crippen LogP contribution < -0.4 is 9.47 Å². The first kappa shape index (κ1) is 19.3. The number of fused-ring (bicyclic) bond motifs is 1. The summed E-state index contributed by atoms with van der Waals surface area (Å²) in [5.74, 6) is 0.667. The number of esters is 1. The van der Waals surface area contributed by atoms with Crippen LogP contribution in [0.2, 0.25) is 10.2 Å². The molecule has 7 nitrogen and oxygen atoms in total. The summed E-state index contributed by atoms with van der Waals surface area (Å²) < 4.78 is 17.3. The van der Waals surface area contributed by atoms with Crippen molar-refractivity contribution in [2.75, 3.05) is 20.8 Å². The lowest BCUT2D eigenvalue weighted by atomic mass is 10.1. The summed E-state index contributed by atoms with van der Waals surface area (Å²) in [6.45, 7) is 2.06. The summed E-state index contributed by atoms with van der Waals surface area (Å²) in [5, 5.41) is 0.657. The molecule has 3 aromatic rings. The molecule has 0 aliphatic rings. The molecule has 0 unspecified atom stereocenters. The number of benzene rings is 1. The first-order chi connectivity index (χ1) is 13.0. The number of halogens is 2. The van der Waals surface area contributed by atoms with Crippen molar-refractivity contribution in [2.24, 2.45) is 0 Å². The van der Waals surface area contributed by atoms with Gasteiger partial charge in [-0.3, -0.25) is 9.20 Å². The van der Waals surface area contributed by atoms with Crippen LogP contribution in [0.1, 0.15) is 12.6 Å². The van der Waals surface area contributed by atoms with Crippen molar-refractivity contribution < 1.29 is 19.0 Å². The van der Waals surface area contributed by atoms with Gasteiger partial charge in [0.15, 0.2) is 22.3 Å². The highest BCUT2D eigenvalue weighted by atomic mass is 35.5. The molecule has 0 spiro atoms. The molecule has 9 heteroatoms. The summed E-state index contributed by atoms with van der Waals surface area (Å²) in [6.07, 6.45) is 3.32. The number of carbonyl (C=O) groups is 1. The fourth-order valence-electron chi connectivity index (χ4n) is 2.69. The van der Waals surface area contributed by atoms with Crippen molar-refractivity contribution in [3.05, 3.63) is 40.4 Å². The highest BCUT2D eigenvalue weighted by molar-refractivity contribution is 6.34. The molecule has 0 saturated carbocycles. The first-order valence-corrected chi connectivity index (χ1v) is 8.84. The predicted molar refractivity (Wildman–Crippen MR) is 102 cm³/mol. The fraction of sp³-hybridized carbons (Fsp3) is 0.278.